The van der Waals surface area contributed by atoms with Crippen molar-refractivity contribution in [3.8, 4) is 23.3 Å². The van der Waals surface area contributed by atoms with E-state index in [0.29, 0.717) is 29.0 Å². The molecule has 0 radical (unpaired) electrons. The first-order valence-corrected chi connectivity index (χ1v) is 16.6. The van der Waals surface area contributed by atoms with Crippen LogP contribution in [0.25, 0.3) is 4.85 Å². The highest BCUT2D eigenvalue weighted by molar-refractivity contribution is 6.62. The molecule has 0 aliphatic carbocycles. The van der Waals surface area contributed by atoms with Crippen molar-refractivity contribution in [3.63, 3.8) is 0 Å². The fraction of sp³-hybridized carbons (Fsp3) is 0.294. The number of hydrogen-bond donors (Lipinski definition) is 4. The van der Waals surface area contributed by atoms with E-state index in [-0.39, 0.29) is 54.5 Å². The van der Waals surface area contributed by atoms with Gasteiger partial charge in [-0.15, -0.1) is 4.98 Å². The Morgan fingerprint density at radius 3 is 1.69 bits per heavy atom. The van der Waals surface area contributed by atoms with E-state index in [1.807, 2.05) is 13.8 Å². The number of aromatic nitrogens is 4. The smallest absolute Gasteiger partial charge is 0.466 e. The molecule has 2 aromatic heterocycles. The summed E-state index contributed by atoms with van der Waals surface area (Å²) in [5, 5.41) is 31.9. The number of oxime groups is 1. The van der Waals surface area contributed by atoms with Gasteiger partial charge in [0.05, 0.1) is 56.9 Å². The van der Waals surface area contributed by atoms with Crippen molar-refractivity contribution in [3.05, 3.63) is 88.4 Å². The van der Waals surface area contributed by atoms with Crippen molar-refractivity contribution in [2.75, 3.05) is 13.2 Å². The summed E-state index contributed by atoms with van der Waals surface area (Å²) < 4.78 is 32.3. The zero-order chi connectivity index (χ0) is 38.9. The third-order valence-corrected chi connectivity index (χ3v) is 8.03. The average molecular weight is 739 g/mol. The van der Waals surface area contributed by atoms with Crippen LogP contribution in [0.15, 0.2) is 54.2 Å². The molecule has 0 saturated carbocycles. The van der Waals surface area contributed by atoms with Crippen molar-refractivity contribution in [2.24, 2.45) is 10.9 Å². The van der Waals surface area contributed by atoms with Gasteiger partial charge in [0.25, 0.3) is 11.7 Å². The highest BCUT2D eigenvalue weighted by atomic mass is 16.6. The zero-order valence-corrected chi connectivity index (χ0v) is 29.6. The summed E-state index contributed by atoms with van der Waals surface area (Å²) in [5.41, 5.74) is 9.80. The number of nitrogens with zero attached hydrogens (tertiary/aromatic N) is 6. The Balaban J connectivity index is 0.000000208. The fourth-order valence-electron chi connectivity index (χ4n) is 5.84. The van der Waals surface area contributed by atoms with Crippen LogP contribution in [0.4, 0.5) is 5.82 Å². The minimum Gasteiger partial charge on any atom is -0.466 e. The van der Waals surface area contributed by atoms with Gasteiger partial charge in [0.15, 0.2) is 12.0 Å². The predicted molar refractivity (Wildman–Crippen MR) is 191 cm³/mol. The maximum Gasteiger partial charge on any atom is 0.492 e. The molecule has 0 saturated heterocycles. The zero-order valence-electron chi connectivity index (χ0n) is 29.6. The number of nitrogens with two attached hydrogens (primary N) is 1. The number of fused-ring (bicyclic) bond motifs is 2. The minimum atomic E-state index is -1.18. The molecule has 2 unspecified atom stereocenters. The molecule has 2 aromatic carbocycles. The Labute approximate surface area is 310 Å². The van der Waals surface area contributed by atoms with Crippen LogP contribution in [0, 0.1) is 20.4 Å². The van der Waals surface area contributed by atoms with E-state index in [9.17, 15) is 19.6 Å². The number of carbonyl (C=O) groups is 2. The van der Waals surface area contributed by atoms with E-state index in [1.54, 1.807) is 38.1 Å². The van der Waals surface area contributed by atoms with Crippen LogP contribution in [-0.4, -0.2) is 80.4 Å². The lowest BCUT2D eigenvalue weighted by molar-refractivity contribution is -0.146. The van der Waals surface area contributed by atoms with Crippen molar-refractivity contribution in [1.82, 2.24) is 19.9 Å². The van der Waals surface area contributed by atoms with E-state index in [1.165, 1.54) is 24.8 Å². The first-order chi connectivity index (χ1) is 25.9. The standard InChI is InChI=1S/C17H19BN4O6.C17H16BN3O5/c1-3-26-15(23)6-13-16-9(2)4-10(5-11(16)18(24)28-13)27-14-8-20-12(7-21-14)17(19)22-25;1-4-24-16(22)7-13-17-10(2)5-11(6-12(17)18(23)26-13)25-15-9-20-14(19-3)8-21-15/h4-5,7-8,13,24-25H,3,6H2,1-2H3,(H2,19,22);5-6,8-9,13,23H,4,7H2,1-2H3. The highest BCUT2D eigenvalue weighted by Gasteiger charge is 2.39. The molecular formula is C34H35B2N7O11. The molecule has 278 valence electrons. The maximum atomic E-state index is 11.8. The first-order valence-electron chi connectivity index (χ1n) is 16.6. The van der Waals surface area contributed by atoms with Gasteiger partial charge in [-0.1, -0.05) is 11.7 Å². The summed E-state index contributed by atoms with van der Waals surface area (Å²) in [5.74, 6) is 0.514. The van der Waals surface area contributed by atoms with Crippen LogP contribution in [0.5, 0.6) is 23.3 Å². The molecule has 0 fully saturated rings. The molecule has 4 heterocycles. The van der Waals surface area contributed by atoms with Crippen LogP contribution in [0.1, 0.15) is 66.8 Å². The number of ether oxygens (including phenoxy) is 4. The van der Waals surface area contributed by atoms with Gasteiger partial charge in [-0.3, -0.25) is 9.59 Å². The maximum absolute atomic E-state index is 11.8. The molecule has 2 aliphatic rings. The number of aryl methyl sites for hydroxylation is 2. The van der Waals surface area contributed by atoms with Crippen LogP contribution in [0.2, 0.25) is 0 Å². The molecule has 0 amide bonds. The summed E-state index contributed by atoms with van der Waals surface area (Å²) in [6.45, 7) is 14.6. The molecule has 6 rings (SSSR count). The van der Waals surface area contributed by atoms with Crippen molar-refractivity contribution >= 4 is 48.8 Å². The summed E-state index contributed by atoms with van der Waals surface area (Å²) in [7, 11) is -2.33. The average Bonchev–Trinajstić information content (AvgIpc) is 3.63. The molecule has 18 nitrogen and oxygen atoms in total. The van der Waals surface area contributed by atoms with Gasteiger partial charge < -0.3 is 54.1 Å². The lowest BCUT2D eigenvalue weighted by Gasteiger charge is -2.14. The SMILES string of the molecule is CCOC(=O)CC1OB(O)c2cc(Oc3cnc(C(N)=NO)cn3)cc(C)c21.[C-]#[N+]c1cnc(Oc2cc(C)c3c(c2)B(O)OC3CC(=O)OCC)cn1. The second kappa shape index (κ2) is 17.6. The van der Waals surface area contributed by atoms with E-state index < -0.39 is 32.4 Å². The van der Waals surface area contributed by atoms with Crippen LogP contribution < -0.4 is 26.1 Å². The number of rotatable bonds is 11. The van der Waals surface area contributed by atoms with E-state index in [2.05, 4.69) is 29.9 Å². The number of amidine groups is 1. The van der Waals surface area contributed by atoms with E-state index in [0.717, 1.165) is 22.3 Å². The molecule has 0 bridgehead atoms. The third-order valence-electron chi connectivity index (χ3n) is 8.03. The summed E-state index contributed by atoms with van der Waals surface area (Å²) in [4.78, 5) is 42.6. The van der Waals surface area contributed by atoms with E-state index in [4.69, 9.17) is 45.8 Å². The van der Waals surface area contributed by atoms with Gasteiger partial charge in [0.2, 0.25) is 5.88 Å². The minimum absolute atomic E-state index is 0.0136. The largest absolute Gasteiger partial charge is 0.492 e. The van der Waals surface area contributed by atoms with Gasteiger partial charge >= 0.3 is 26.2 Å². The topological polar surface area (TPSA) is 245 Å². The fourth-order valence-corrected chi connectivity index (χ4v) is 5.84. The Hall–Kier alpha value is -6.13. The van der Waals surface area contributed by atoms with Gasteiger partial charge in [-0.25, -0.2) is 15.0 Å². The normalized spacial score (nSPS) is 15.7. The first kappa shape index (κ1) is 39.1. The number of esters is 2. The Bertz CT molecular complexity index is 2070. The Morgan fingerprint density at radius 2 is 1.30 bits per heavy atom. The summed E-state index contributed by atoms with van der Waals surface area (Å²) in [6.07, 6.45) is 4.19. The second-order valence-corrected chi connectivity index (χ2v) is 11.7. The summed E-state index contributed by atoms with van der Waals surface area (Å²) >= 11 is 0. The third kappa shape index (κ3) is 9.26. The quantitative estimate of drug-likeness (QED) is 0.0328. The number of benzene rings is 2. The Morgan fingerprint density at radius 1 is 0.815 bits per heavy atom. The number of hydrogen-bond acceptors (Lipinski definition) is 16. The molecule has 0 spiro atoms. The lowest BCUT2D eigenvalue weighted by atomic mass is 9.77. The molecule has 54 heavy (non-hydrogen) atoms. The number of carbonyl (C=O) groups excluding carboxylic acids is 2. The molecular weight excluding hydrogens is 704 g/mol. The summed E-state index contributed by atoms with van der Waals surface area (Å²) in [6, 6.07) is 6.78. The van der Waals surface area contributed by atoms with Crippen LogP contribution in [-0.2, 0) is 28.4 Å². The molecule has 2 aliphatic heterocycles. The van der Waals surface area contributed by atoms with Gasteiger partial charge in [-0.05, 0) is 85.1 Å². The van der Waals surface area contributed by atoms with Crippen LogP contribution >= 0.6 is 0 Å². The monoisotopic (exact) mass is 739 g/mol. The van der Waals surface area contributed by atoms with Crippen LogP contribution in [0.3, 0.4) is 0 Å². The van der Waals surface area contributed by atoms with Crippen molar-refractivity contribution < 1.29 is 53.1 Å². The van der Waals surface area contributed by atoms with Gasteiger partial charge in [0, 0.05) is 0 Å². The molecule has 5 N–H and O–H groups in total. The Kier molecular flexibility index (Phi) is 12.7. The second-order valence-electron chi connectivity index (χ2n) is 11.7. The molecule has 20 heteroatoms. The molecule has 4 aromatic rings. The van der Waals surface area contributed by atoms with Crippen molar-refractivity contribution in [1.29, 1.82) is 0 Å². The molecule has 2 atom stereocenters. The predicted octanol–water partition coefficient (Wildman–Crippen LogP) is 2.22. The van der Waals surface area contributed by atoms with E-state index >= 15 is 0 Å². The lowest BCUT2D eigenvalue weighted by Crippen LogP contribution is -2.28. The van der Waals surface area contributed by atoms with Gasteiger partial charge in [-0.2, -0.15) is 0 Å². The highest BCUT2D eigenvalue weighted by Crippen LogP contribution is 2.34. The van der Waals surface area contributed by atoms with Crippen molar-refractivity contribution in [2.45, 2.75) is 52.7 Å². The van der Waals surface area contributed by atoms with Gasteiger partial charge in [0.1, 0.15) is 17.2 Å².